The van der Waals surface area contributed by atoms with Crippen molar-refractivity contribution in [3.05, 3.63) is 60.3 Å². The monoisotopic (exact) mass is 545 g/mol. The van der Waals surface area contributed by atoms with Crippen molar-refractivity contribution in [1.82, 2.24) is 15.0 Å². The van der Waals surface area contributed by atoms with Crippen LogP contribution in [0.25, 0.3) is 11.1 Å². The fourth-order valence-electron chi connectivity index (χ4n) is 4.30. The topological polar surface area (TPSA) is 133 Å². The van der Waals surface area contributed by atoms with Gasteiger partial charge in [-0.1, -0.05) is 36.4 Å². The molecule has 3 rings (SSSR count). The highest BCUT2D eigenvalue weighted by atomic mass is 32.2. The van der Waals surface area contributed by atoms with E-state index in [1.807, 2.05) is 30.3 Å². The molecule has 1 heterocycles. The minimum Gasteiger partial charge on any atom is -0.475 e. The number of nitrogens with one attached hydrogen (secondary N) is 2. The second kappa shape index (κ2) is 12.0. The van der Waals surface area contributed by atoms with Crippen molar-refractivity contribution < 1.29 is 32.2 Å². The number of ether oxygens (including phenoxy) is 3. The van der Waals surface area contributed by atoms with E-state index in [1.165, 1.54) is 7.11 Å². The summed E-state index contributed by atoms with van der Waals surface area (Å²) in [5.74, 6) is -0.0312. The Morgan fingerprint density at radius 2 is 1.95 bits per heavy atom. The minimum atomic E-state index is -3.44. The van der Waals surface area contributed by atoms with Crippen molar-refractivity contribution in [2.75, 3.05) is 26.5 Å². The summed E-state index contributed by atoms with van der Waals surface area (Å²) in [6.45, 7) is 5.80. The predicted octanol–water partition coefficient (Wildman–Crippen LogP) is 3.23. The molecule has 1 amide bonds. The van der Waals surface area contributed by atoms with E-state index in [-0.39, 0.29) is 19.6 Å². The number of carbonyl (C=O) groups is 2. The van der Waals surface area contributed by atoms with Crippen molar-refractivity contribution in [2.24, 2.45) is 5.41 Å². The Labute approximate surface area is 223 Å². The molecular weight excluding hydrogens is 510 g/mol. The molecular formula is C27H35N3O7S. The smallest absolute Gasteiger partial charge is 0.407 e. The molecule has 10 nitrogen and oxygen atoms in total. The van der Waals surface area contributed by atoms with E-state index in [1.54, 1.807) is 45.2 Å². The highest BCUT2D eigenvalue weighted by molar-refractivity contribution is 7.88. The van der Waals surface area contributed by atoms with E-state index in [4.69, 9.17) is 14.2 Å². The summed E-state index contributed by atoms with van der Waals surface area (Å²) in [6, 6.07) is 10.8. The zero-order valence-electron chi connectivity index (χ0n) is 22.3. The van der Waals surface area contributed by atoms with Crippen molar-refractivity contribution in [2.45, 2.75) is 45.3 Å². The van der Waals surface area contributed by atoms with E-state index >= 15 is 0 Å². The van der Waals surface area contributed by atoms with Crippen molar-refractivity contribution >= 4 is 22.1 Å². The molecule has 0 spiro atoms. The summed E-state index contributed by atoms with van der Waals surface area (Å²) in [7, 11) is -2.12. The Hall–Kier alpha value is -3.44. The van der Waals surface area contributed by atoms with Gasteiger partial charge in [0.05, 0.1) is 25.3 Å². The van der Waals surface area contributed by atoms with E-state index in [9.17, 15) is 18.0 Å². The van der Waals surface area contributed by atoms with Gasteiger partial charge in [0, 0.05) is 17.8 Å². The third-order valence-electron chi connectivity index (χ3n) is 5.73. The standard InChI is InChI=1S/C27H35N3O7S/c1-26(2,3)37-25(32)29-14-15-36-23-22(10-7-13-28-23)20-9-6-8-19(16-20)17-27(24(31)35-4)12-11-21(18-27)30-38(5,33)34/h6-13,16,21,30H,14-15,17-18H2,1-5H3,(H,29,32)/t21-,27+/m0/s1. The zero-order valence-corrected chi connectivity index (χ0v) is 23.1. The first-order chi connectivity index (χ1) is 17.8. The number of carbonyl (C=O) groups excluding carboxylic acids is 2. The summed E-state index contributed by atoms with van der Waals surface area (Å²) >= 11 is 0. The Balaban J connectivity index is 1.73. The molecule has 2 N–H and O–H groups in total. The molecule has 11 heteroatoms. The Kier molecular flexibility index (Phi) is 9.16. The molecule has 1 aromatic heterocycles. The normalized spacial score (nSPS) is 19.1. The average Bonchev–Trinajstić information content (AvgIpc) is 3.22. The molecule has 1 aliphatic carbocycles. The lowest BCUT2D eigenvalue weighted by Gasteiger charge is -2.26. The van der Waals surface area contributed by atoms with E-state index in [0.717, 1.165) is 22.9 Å². The Morgan fingerprint density at radius 3 is 2.63 bits per heavy atom. The molecule has 2 aromatic rings. The highest BCUT2D eigenvalue weighted by Crippen LogP contribution is 2.38. The zero-order chi connectivity index (χ0) is 28.0. The third kappa shape index (κ3) is 8.29. The predicted molar refractivity (Wildman–Crippen MR) is 143 cm³/mol. The fourth-order valence-corrected chi connectivity index (χ4v) is 5.01. The maximum Gasteiger partial charge on any atom is 0.407 e. The largest absolute Gasteiger partial charge is 0.475 e. The number of hydrogen-bond acceptors (Lipinski definition) is 8. The van der Waals surface area contributed by atoms with Gasteiger partial charge >= 0.3 is 12.1 Å². The summed E-state index contributed by atoms with van der Waals surface area (Å²) in [4.78, 5) is 29.0. The van der Waals surface area contributed by atoms with Gasteiger partial charge in [0.25, 0.3) is 0 Å². The van der Waals surface area contributed by atoms with Gasteiger partial charge in [-0.05, 0) is 56.9 Å². The number of alkyl carbamates (subject to hydrolysis) is 1. The molecule has 0 aliphatic heterocycles. The number of amides is 1. The van der Waals surface area contributed by atoms with Crippen LogP contribution in [0.2, 0.25) is 0 Å². The van der Waals surface area contributed by atoms with Crippen molar-refractivity contribution in [1.29, 1.82) is 0 Å². The van der Waals surface area contributed by atoms with Gasteiger partial charge in [0.2, 0.25) is 15.9 Å². The van der Waals surface area contributed by atoms with Crippen LogP contribution in [0.5, 0.6) is 5.88 Å². The third-order valence-corrected chi connectivity index (χ3v) is 6.46. The molecule has 38 heavy (non-hydrogen) atoms. The van der Waals surface area contributed by atoms with Crippen LogP contribution < -0.4 is 14.8 Å². The fraction of sp³-hybridized carbons (Fsp3) is 0.444. The Bertz CT molecular complexity index is 1290. The number of benzene rings is 1. The number of aromatic nitrogens is 1. The second-order valence-corrected chi connectivity index (χ2v) is 12.0. The van der Waals surface area contributed by atoms with Crippen LogP contribution in [-0.2, 0) is 30.7 Å². The molecule has 0 bridgehead atoms. The van der Waals surface area contributed by atoms with Crippen LogP contribution in [-0.4, -0.2) is 63.6 Å². The quantitative estimate of drug-likeness (QED) is 0.264. The van der Waals surface area contributed by atoms with E-state index in [2.05, 4.69) is 15.0 Å². The lowest BCUT2D eigenvalue weighted by atomic mass is 9.80. The lowest BCUT2D eigenvalue weighted by molar-refractivity contribution is -0.149. The number of nitrogens with zero attached hydrogens (tertiary/aromatic N) is 1. The van der Waals surface area contributed by atoms with E-state index < -0.39 is 39.1 Å². The molecule has 0 fully saturated rings. The number of esters is 1. The number of sulfonamides is 1. The van der Waals surface area contributed by atoms with Gasteiger partial charge in [-0.25, -0.2) is 22.9 Å². The first-order valence-corrected chi connectivity index (χ1v) is 14.1. The molecule has 2 atom stereocenters. The molecule has 0 saturated heterocycles. The SMILES string of the molecule is COC(=O)[C@@]1(Cc2cccc(-c3cccnc3OCCNC(=O)OC(C)(C)C)c2)C=C[C@H](NS(C)(=O)=O)C1. The Morgan fingerprint density at radius 1 is 1.18 bits per heavy atom. The van der Waals surface area contributed by atoms with Gasteiger partial charge in [0.15, 0.2) is 0 Å². The van der Waals surface area contributed by atoms with Crippen LogP contribution in [0.15, 0.2) is 54.7 Å². The summed E-state index contributed by atoms with van der Waals surface area (Å²) in [6.07, 6.45) is 6.18. The van der Waals surface area contributed by atoms with Gasteiger partial charge in [-0.2, -0.15) is 0 Å². The van der Waals surface area contributed by atoms with E-state index in [0.29, 0.717) is 12.3 Å². The maximum absolute atomic E-state index is 12.8. The minimum absolute atomic E-state index is 0.188. The number of rotatable bonds is 10. The van der Waals surface area contributed by atoms with Crippen LogP contribution in [0.3, 0.4) is 0 Å². The maximum atomic E-state index is 12.8. The molecule has 1 aromatic carbocycles. The molecule has 0 unspecified atom stereocenters. The highest BCUT2D eigenvalue weighted by Gasteiger charge is 2.43. The van der Waals surface area contributed by atoms with Gasteiger partial charge < -0.3 is 19.5 Å². The average molecular weight is 546 g/mol. The van der Waals surface area contributed by atoms with Crippen LogP contribution in [0.4, 0.5) is 4.79 Å². The van der Waals surface area contributed by atoms with Crippen LogP contribution in [0, 0.1) is 5.41 Å². The number of pyridine rings is 1. The van der Waals surface area contributed by atoms with Gasteiger partial charge in [-0.3, -0.25) is 4.79 Å². The first kappa shape index (κ1) is 29.1. The number of methoxy groups -OCH3 is 1. The first-order valence-electron chi connectivity index (χ1n) is 12.2. The summed E-state index contributed by atoms with van der Waals surface area (Å²) < 4.78 is 42.1. The lowest BCUT2D eigenvalue weighted by Crippen LogP contribution is -2.38. The molecule has 0 saturated carbocycles. The van der Waals surface area contributed by atoms with Gasteiger partial charge in [0.1, 0.15) is 12.2 Å². The van der Waals surface area contributed by atoms with Crippen molar-refractivity contribution in [3.8, 4) is 17.0 Å². The molecule has 1 aliphatic rings. The number of hydrogen-bond donors (Lipinski definition) is 2. The summed E-state index contributed by atoms with van der Waals surface area (Å²) in [5.41, 5.74) is 0.850. The molecule has 0 radical (unpaired) electrons. The summed E-state index contributed by atoms with van der Waals surface area (Å²) in [5, 5.41) is 2.65. The second-order valence-electron chi connectivity index (χ2n) is 10.2. The van der Waals surface area contributed by atoms with Gasteiger partial charge in [-0.15, -0.1) is 0 Å². The van der Waals surface area contributed by atoms with Crippen LogP contribution in [0.1, 0.15) is 32.8 Å². The molecule has 206 valence electrons. The van der Waals surface area contributed by atoms with Crippen molar-refractivity contribution in [3.63, 3.8) is 0 Å². The van der Waals surface area contributed by atoms with Crippen LogP contribution >= 0.6 is 0 Å².